The molecule has 0 amide bonds. The lowest BCUT2D eigenvalue weighted by Crippen LogP contribution is -1.90. The molecule has 0 atom stereocenters. The minimum atomic E-state index is 0.494. The Labute approximate surface area is 112 Å². The van der Waals surface area contributed by atoms with Crippen LogP contribution in [0, 0.1) is 0 Å². The molecule has 0 aliphatic heterocycles. The van der Waals surface area contributed by atoms with Crippen LogP contribution in [0.2, 0.25) is 5.02 Å². The Balaban J connectivity index is 2.06. The van der Waals surface area contributed by atoms with Gasteiger partial charge in [0, 0.05) is 5.39 Å². The minimum Gasteiger partial charge on any atom is -0.273 e. The minimum absolute atomic E-state index is 0.494. The first kappa shape index (κ1) is 10.5. The number of nitrogens with zero attached hydrogens (tertiary/aromatic N) is 5. The number of hydrogen-bond donors (Lipinski definition) is 1. The number of rotatable bonds is 1. The molecule has 3 heterocycles. The lowest BCUT2D eigenvalue weighted by atomic mass is 10.2. The van der Waals surface area contributed by atoms with Crippen molar-refractivity contribution in [2.45, 2.75) is 0 Å². The lowest BCUT2D eigenvalue weighted by Gasteiger charge is -1.96. The molecular weight excluding hydrogens is 264 g/mol. The molecule has 0 radical (unpaired) electrons. The van der Waals surface area contributed by atoms with Crippen molar-refractivity contribution < 1.29 is 0 Å². The zero-order valence-electron chi connectivity index (χ0n) is 9.58. The van der Waals surface area contributed by atoms with E-state index in [4.69, 9.17) is 11.6 Å². The second kappa shape index (κ2) is 3.76. The van der Waals surface area contributed by atoms with Crippen LogP contribution in [0.4, 0.5) is 0 Å². The van der Waals surface area contributed by atoms with Gasteiger partial charge >= 0.3 is 0 Å². The first-order chi connectivity index (χ1) is 9.33. The van der Waals surface area contributed by atoms with Crippen molar-refractivity contribution in [2.75, 3.05) is 0 Å². The van der Waals surface area contributed by atoms with E-state index in [1.54, 1.807) is 10.8 Å². The lowest BCUT2D eigenvalue weighted by molar-refractivity contribution is 0.933. The molecule has 0 unspecified atom stereocenters. The summed E-state index contributed by atoms with van der Waals surface area (Å²) >= 11 is 6.02. The summed E-state index contributed by atoms with van der Waals surface area (Å²) in [7, 11) is 0. The number of aromatic amines is 1. The van der Waals surface area contributed by atoms with E-state index in [2.05, 4.69) is 25.3 Å². The fourth-order valence-corrected chi connectivity index (χ4v) is 2.19. The molecule has 4 aromatic rings. The fourth-order valence-electron chi connectivity index (χ4n) is 2.01. The van der Waals surface area contributed by atoms with Crippen molar-refractivity contribution >= 4 is 28.2 Å². The van der Waals surface area contributed by atoms with Gasteiger partial charge in [0.15, 0.2) is 5.65 Å². The maximum Gasteiger partial charge on any atom is 0.201 e. The summed E-state index contributed by atoms with van der Waals surface area (Å²) in [5.74, 6) is 0.501. The summed E-state index contributed by atoms with van der Waals surface area (Å²) in [5, 5.41) is 12.4. The number of para-hydroxylation sites is 1. The van der Waals surface area contributed by atoms with Gasteiger partial charge < -0.3 is 0 Å². The molecule has 0 saturated heterocycles. The van der Waals surface area contributed by atoms with E-state index in [0.29, 0.717) is 16.5 Å². The van der Waals surface area contributed by atoms with E-state index >= 15 is 0 Å². The molecular formula is C12H7ClN6. The van der Waals surface area contributed by atoms with Crippen LogP contribution in [-0.4, -0.2) is 29.8 Å². The van der Waals surface area contributed by atoms with Crippen molar-refractivity contribution in [1.82, 2.24) is 29.8 Å². The molecule has 92 valence electrons. The first-order valence-electron chi connectivity index (χ1n) is 5.62. The summed E-state index contributed by atoms with van der Waals surface area (Å²) < 4.78 is 1.63. The summed E-state index contributed by atoms with van der Waals surface area (Å²) in [6, 6.07) is 7.79. The van der Waals surface area contributed by atoms with Gasteiger partial charge in [-0.25, -0.2) is 14.5 Å². The number of aromatic nitrogens is 6. The normalized spacial score (nSPS) is 11.4. The fraction of sp³-hybridized carbons (Fsp3) is 0. The van der Waals surface area contributed by atoms with Gasteiger partial charge in [-0.3, -0.25) is 5.10 Å². The van der Waals surface area contributed by atoms with Crippen LogP contribution in [0.25, 0.3) is 28.1 Å². The number of fused-ring (bicyclic) bond motifs is 3. The third kappa shape index (κ3) is 1.50. The van der Waals surface area contributed by atoms with Crippen LogP contribution < -0.4 is 0 Å². The van der Waals surface area contributed by atoms with Gasteiger partial charge in [-0.2, -0.15) is 5.10 Å². The summed E-state index contributed by atoms with van der Waals surface area (Å²) in [6.07, 6.45) is 3.16. The number of halogens is 1. The van der Waals surface area contributed by atoms with E-state index in [0.717, 1.165) is 16.6 Å². The van der Waals surface area contributed by atoms with Crippen molar-refractivity contribution in [2.24, 2.45) is 0 Å². The van der Waals surface area contributed by atoms with Crippen LogP contribution in [0.1, 0.15) is 0 Å². The summed E-state index contributed by atoms with van der Waals surface area (Å²) in [6.45, 7) is 0. The highest BCUT2D eigenvalue weighted by Crippen LogP contribution is 2.24. The predicted octanol–water partition coefficient (Wildman–Crippen LogP) is 2.32. The zero-order valence-corrected chi connectivity index (χ0v) is 10.3. The Kier molecular flexibility index (Phi) is 2.07. The standard InChI is InChI=1S/C12H7ClN6/c13-8-5-15-17-10(8)11-16-12-7-3-1-2-4-9(7)14-6-19(12)18-11/h1-6H,(H,15,17). The second-order valence-electron chi connectivity index (χ2n) is 4.06. The highest BCUT2D eigenvalue weighted by Gasteiger charge is 2.13. The smallest absolute Gasteiger partial charge is 0.201 e. The van der Waals surface area contributed by atoms with Crippen LogP contribution in [0.5, 0.6) is 0 Å². The van der Waals surface area contributed by atoms with Crippen LogP contribution in [-0.2, 0) is 0 Å². The topological polar surface area (TPSA) is 71.8 Å². The van der Waals surface area contributed by atoms with Crippen LogP contribution in [0.15, 0.2) is 36.8 Å². The number of H-pyrrole nitrogens is 1. The Morgan fingerprint density at radius 3 is 2.95 bits per heavy atom. The Morgan fingerprint density at radius 2 is 2.11 bits per heavy atom. The molecule has 6 nitrogen and oxygen atoms in total. The van der Waals surface area contributed by atoms with Gasteiger partial charge in [0.05, 0.1) is 16.7 Å². The van der Waals surface area contributed by atoms with E-state index in [9.17, 15) is 0 Å². The van der Waals surface area contributed by atoms with Crippen molar-refractivity contribution in [3.8, 4) is 11.5 Å². The third-order valence-electron chi connectivity index (χ3n) is 2.90. The largest absolute Gasteiger partial charge is 0.273 e. The molecule has 0 aliphatic rings. The molecule has 0 aliphatic carbocycles. The monoisotopic (exact) mass is 270 g/mol. The van der Waals surface area contributed by atoms with E-state index < -0.39 is 0 Å². The van der Waals surface area contributed by atoms with Gasteiger partial charge in [-0.05, 0) is 12.1 Å². The quantitative estimate of drug-likeness (QED) is 0.576. The third-order valence-corrected chi connectivity index (χ3v) is 3.19. The number of nitrogens with one attached hydrogen (secondary N) is 1. The van der Waals surface area contributed by atoms with Gasteiger partial charge in [0.25, 0.3) is 0 Å². The molecule has 1 N–H and O–H groups in total. The maximum atomic E-state index is 6.02. The molecule has 0 spiro atoms. The van der Waals surface area contributed by atoms with Gasteiger partial charge in [-0.15, -0.1) is 5.10 Å². The van der Waals surface area contributed by atoms with Gasteiger partial charge in [0.1, 0.15) is 12.0 Å². The predicted molar refractivity (Wildman–Crippen MR) is 70.9 cm³/mol. The molecule has 0 bridgehead atoms. The van der Waals surface area contributed by atoms with E-state index in [-0.39, 0.29) is 0 Å². The Bertz CT molecular complexity index is 893. The molecule has 4 rings (SSSR count). The highest BCUT2D eigenvalue weighted by molar-refractivity contribution is 6.32. The van der Waals surface area contributed by atoms with Crippen molar-refractivity contribution in [1.29, 1.82) is 0 Å². The molecule has 0 saturated carbocycles. The maximum absolute atomic E-state index is 6.02. The average Bonchev–Trinajstić information content (AvgIpc) is 3.04. The molecule has 1 aromatic carbocycles. The molecule has 19 heavy (non-hydrogen) atoms. The molecule has 0 fully saturated rings. The number of hydrogen-bond acceptors (Lipinski definition) is 4. The van der Waals surface area contributed by atoms with Crippen LogP contribution in [0.3, 0.4) is 0 Å². The first-order valence-corrected chi connectivity index (χ1v) is 6.00. The van der Waals surface area contributed by atoms with Crippen molar-refractivity contribution in [3.05, 3.63) is 41.8 Å². The Hall–Kier alpha value is -2.47. The SMILES string of the molecule is Clc1cn[nH]c1-c1nc2c3ccccc3ncn2n1. The van der Waals surface area contributed by atoms with E-state index in [1.165, 1.54) is 6.20 Å². The second-order valence-corrected chi connectivity index (χ2v) is 4.47. The van der Waals surface area contributed by atoms with Gasteiger partial charge in [0.2, 0.25) is 5.82 Å². The highest BCUT2D eigenvalue weighted by atomic mass is 35.5. The zero-order chi connectivity index (χ0) is 12.8. The van der Waals surface area contributed by atoms with E-state index in [1.807, 2.05) is 24.3 Å². The summed E-state index contributed by atoms with van der Waals surface area (Å²) in [5.41, 5.74) is 2.23. The Morgan fingerprint density at radius 1 is 1.21 bits per heavy atom. The average molecular weight is 271 g/mol. The van der Waals surface area contributed by atoms with Gasteiger partial charge in [-0.1, -0.05) is 23.7 Å². The molecule has 7 heteroatoms. The summed E-state index contributed by atoms with van der Waals surface area (Å²) in [4.78, 5) is 8.83. The molecule has 3 aromatic heterocycles. The van der Waals surface area contributed by atoms with Crippen LogP contribution >= 0.6 is 11.6 Å². The number of benzene rings is 1. The van der Waals surface area contributed by atoms with Crippen molar-refractivity contribution in [3.63, 3.8) is 0 Å².